The van der Waals surface area contributed by atoms with Crippen molar-refractivity contribution in [3.8, 4) is 0 Å². The Morgan fingerprint density at radius 2 is 1.77 bits per heavy atom. The third-order valence-corrected chi connectivity index (χ3v) is 5.77. The molecule has 2 aromatic rings. The van der Waals surface area contributed by atoms with Crippen LogP contribution in [0, 0.1) is 11.6 Å². The minimum atomic E-state index is -0.767. The second-order valence-corrected chi connectivity index (χ2v) is 7.65. The molecular formula is C21H26F2N2S. The highest BCUT2D eigenvalue weighted by atomic mass is 32.2. The smallest absolute Gasteiger partial charge is 0.159 e. The van der Waals surface area contributed by atoms with Crippen LogP contribution in [0.5, 0.6) is 0 Å². The first-order valence-electron chi connectivity index (χ1n) is 9.11. The summed E-state index contributed by atoms with van der Waals surface area (Å²) in [6, 6.07) is 13.5. The van der Waals surface area contributed by atoms with Gasteiger partial charge in [0.15, 0.2) is 11.6 Å². The molecule has 140 valence electrons. The molecule has 1 saturated heterocycles. The molecule has 2 aromatic carbocycles. The van der Waals surface area contributed by atoms with Crippen molar-refractivity contribution < 1.29 is 8.78 Å². The zero-order valence-electron chi connectivity index (χ0n) is 15.3. The van der Waals surface area contributed by atoms with Crippen molar-refractivity contribution in [3.05, 3.63) is 70.8 Å². The standard InChI is InChI=1S/C21H26F2N2S/c1-15(24-26-2)17-5-3-16(4-6-17)14-25-11-9-18(10-12-25)19-7-8-20(22)21(23)13-19/h3-8,13,15,18,24H,9-12,14H2,1-2H3. The second kappa shape index (κ2) is 8.98. The number of rotatable bonds is 6. The van der Waals surface area contributed by atoms with Crippen molar-refractivity contribution in [3.63, 3.8) is 0 Å². The molecule has 5 heteroatoms. The molecule has 1 aliphatic heterocycles. The first kappa shape index (κ1) is 19.3. The van der Waals surface area contributed by atoms with Crippen LogP contribution < -0.4 is 4.72 Å². The molecule has 1 fully saturated rings. The summed E-state index contributed by atoms with van der Waals surface area (Å²) in [5, 5.41) is 0. The minimum absolute atomic E-state index is 0.321. The van der Waals surface area contributed by atoms with E-state index in [4.69, 9.17) is 0 Å². The molecule has 1 aliphatic rings. The third kappa shape index (κ3) is 4.84. The van der Waals surface area contributed by atoms with E-state index in [0.29, 0.717) is 12.0 Å². The van der Waals surface area contributed by atoms with Crippen molar-refractivity contribution in [1.29, 1.82) is 0 Å². The average molecular weight is 377 g/mol. The van der Waals surface area contributed by atoms with Gasteiger partial charge in [0.25, 0.3) is 0 Å². The number of nitrogens with one attached hydrogen (secondary N) is 1. The van der Waals surface area contributed by atoms with Crippen molar-refractivity contribution >= 4 is 11.9 Å². The van der Waals surface area contributed by atoms with Gasteiger partial charge < -0.3 is 0 Å². The molecule has 0 spiro atoms. The summed E-state index contributed by atoms with van der Waals surface area (Å²) >= 11 is 1.63. The quantitative estimate of drug-likeness (QED) is 0.691. The first-order chi connectivity index (χ1) is 12.6. The lowest BCUT2D eigenvalue weighted by Crippen LogP contribution is -2.32. The predicted molar refractivity (Wildman–Crippen MR) is 105 cm³/mol. The molecule has 2 nitrogen and oxygen atoms in total. The lowest BCUT2D eigenvalue weighted by molar-refractivity contribution is 0.204. The van der Waals surface area contributed by atoms with Crippen molar-refractivity contribution in [2.75, 3.05) is 19.3 Å². The largest absolute Gasteiger partial charge is 0.299 e. The average Bonchev–Trinajstić information content (AvgIpc) is 2.65. The van der Waals surface area contributed by atoms with Crippen LogP contribution in [0.4, 0.5) is 8.78 Å². The van der Waals surface area contributed by atoms with Gasteiger partial charge in [0.2, 0.25) is 0 Å². The summed E-state index contributed by atoms with van der Waals surface area (Å²) in [6.45, 7) is 5.06. The van der Waals surface area contributed by atoms with Gasteiger partial charge in [-0.2, -0.15) is 0 Å². The van der Waals surface area contributed by atoms with Gasteiger partial charge in [-0.05, 0) is 73.9 Å². The number of hydrogen-bond acceptors (Lipinski definition) is 3. The van der Waals surface area contributed by atoms with Gasteiger partial charge in [0.05, 0.1) is 0 Å². The molecule has 3 rings (SSSR count). The summed E-state index contributed by atoms with van der Waals surface area (Å²) in [6.07, 6.45) is 4.00. The second-order valence-electron chi connectivity index (χ2n) is 7.01. The molecule has 1 heterocycles. The lowest BCUT2D eigenvalue weighted by Gasteiger charge is -2.32. The van der Waals surface area contributed by atoms with E-state index in [1.165, 1.54) is 23.3 Å². The topological polar surface area (TPSA) is 15.3 Å². The molecule has 1 atom stereocenters. The number of likely N-dealkylation sites (tertiary alicyclic amines) is 1. The van der Waals surface area contributed by atoms with Crippen LogP contribution in [0.25, 0.3) is 0 Å². The van der Waals surface area contributed by atoms with E-state index in [0.717, 1.165) is 38.0 Å². The predicted octanol–water partition coefficient (Wildman–Crippen LogP) is 5.27. The van der Waals surface area contributed by atoms with Crippen LogP contribution in [0.1, 0.15) is 48.4 Å². The molecule has 0 amide bonds. The van der Waals surface area contributed by atoms with E-state index in [1.54, 1.807) is 18.0 Å². The van der Waals surface area contributed by atoms with Gasteiger partial charge in [-0.1, -0.05) is 42.3 Å². The van der Waals surface area contributed by atoms with Crippen LogP contribution in [-0.2, 0) is 6.54 Å². The maximum atomic E-state index is 13.4. The maximum Gasteiger partial charge on any atom is 0.159 e. The summed E-state index contributed by atoms with van der Waals surface area (Å²) < 4.78 is 29.9. The van der Waals surface area contributed by atoms with Crippen LogP contribution in [0.2, 0.25) is 0 Å². The van der Waals surface area contributed by atoms with Gasteiger partial charge in [-0.25, -0.2) is 8.78 Å². The normalized spacial score (nSPS) is 17.4. The number of nitrogens with zero attached hydrogens (tertiary/aromatic N) is 1. The molecule has 0 aliphatic carbocycles. The van der Waals surface area contributed by atoms with E-state index in [9.17, 15) is 8.78 Å². The fourth-order valence-electron chi connectivity index (χ4n) is 3.61. The summed E-state index contributed by atoms with van der Waals surface area (Å²) in [4.78, 5) is 2.44. The van der Waals surface area contributed by atoms with Crippen LogP contribution in [0.15, 0.2) is 42.5 Å². The Labute approximate surface area is 159 Å². The summed E-state index contributed by atoms with van der Waals surface area (Å²) in [5.41, 5.74) is 3.53. The van der Waals surface area contributed by atoms with Gasteiger partial charge >= 0.3 is 0 Å². The number of piperidine rings is 1. The van der Waals surface area contributed by atoms with Crippen LogP contribution in [-0.4, -0.2) is 24.2 Å². The number of benzene rings is 2. The van der Waals surface area contributed by atoms with E-state index >= 15 is 0 Å². The molecule has 1 N–H and O–H groups in total. The van der Waals surface area contributed by atoms with Crippen molar-refractivity contribution in [1.82, 2.24) is 9.62 Å². The molecule has 1 unspecified atom stereocenters. The molecular weight excluding hydrogens is 350 g/mol. The first-order valence-corrected chi connectivity index (χ1v) is 10.3. The van der Waals surface area contributed by atoms with E-state index in [2.05, 4.69) is 40.8 Å². The monoisotopic (exact) mass is 376 g/mol. The Kier molecular flexibility index (Phi) is 6.68. The SMILES string of the molecule is CSNC(C)c1ccc(CN2CCC(c3ccc(F)c(F)c3)CC2)cc1. The Bertz CT molecular complexity index is 712. The Morgan fingerprint density at radius 3 is 2.38 bits per heavy atom. The fourth-order valence-corrected chi connectivity index (χ4v) is 4.10. The Balaban J connectivity index is 1.53. The summed E-state index contributed by atoms with van der Waals surface area (Å²) in [7, 11) is 0. The number of halogens is 2. The van der Waals surface area contributed by atoms with Crippen LogP contribution in [0.3, 0.4) is 0 Å². The van der Waals surface area contributed by atoms with Gasteiger partial charge in [0, 0.05) is 12.6 Å². The lowest BCUT2D eigenvalue weighted by atomic mass is 9.89. The van der Waals surface area contributed by atoms with Crippen molar-refractivity contribution in [2.24, 2.45) is 0 Å². The molecule has 0 bridgehead atoms. The third-order valence-electron chi connectivity index (χ3n) is 5.18. The summed E-state index contributed by atoms with van der Waals surface area (Å²) in [5.74, 6) is -1.19. The van der Waals surface area contributed by atoms with E-state index in [1.807, 2.05) is 6.26 Å². The number of hydrogen-bond donors (Lipinski definition) is 1. The Morgan fingerprint density at radius 1 is 1.08 bits per heavy atom. The molecule has 0 saturated carbocycles. The van der Waals surface area contributed by atoms with Crippen LogP contribution >= 0.6 is 11.9 Å². The van der Waals surface area contributed by atoms with E-state index in [-0.39, 0.29) is 0 Å². The minimum Gasteiger partial charge on any atom is -0.299 e. The zero-order chi connectivity index (χ0) is 18.5. The van der Waals surface area contributed by atoms with Crippen molar-refractivity contribution in [2.45, 2.75) is 38.3 Å². The molecule has 26 heavy (non-hydrogen) atoms. The highest BCUT2D eigenvalue weighted by molar-refractivity contribution is 7.96. The van der Waals surface area contributed by atoms with E-state index < -0.39 is 11.6 Å². The highest BCUT2D eigenvalue weighted by Gasteiger charge is 2.21. The van der Waals surface area contributed by atoms with Gasteiger partial charge in [-0.3, -0.25) is 9.62 Å². The highest BCUT2D eigenvalue weighted by Crippen LogP contribution is 2.29. The van der Waals surface area contributed by atoms with Gasteiger partial charge in [-0.15, -0.1) is 0 Å². The Hall–Kier alpha value is -1.43. The molecule has 0 radical (unpaired) electrons. The maximum absolute atomic E-state index is 13.4. The molecule has 0 aromatic heterocycles. The zero-order valence-corrected chi connectivity index (χ0v) is 16.2. The van der Waals surface area contributed by atoms with Gasteiger partial charge in [0.1, 0.15) is 0 Å². The fraction of sp³-hybridized carbons (Fsp3) is 0.429.